The largest absolute Gasteiger partial charge is 0.349 e. The minimum Gasteiger partial charge on any atom is -0.349 e. The molecule has 1 unspecified atom stereocenters. The second kappa shape index (κ2) is 3.73. The second-order valence-corrected chi connectivity index (χ2v) is 5.37. The molecule has 0 bridgehead atoms. The lowest BCUT2D eigenvalue weighted by Crippen LogP contribution is -2.52. The van der Waals surface area contributed by atoms with Crippen molar-refractivity contribution in [2.24, 2.45) is 5.73 Å². The predicted octanol–water partition coefficient (Wildman–Crippen LogP) is -0.397. The first-order valence-electron chi connectivity index (χ1n) is 5.77. The number of likely N-dealkylation sites (tertiary alicyclic amines) is 1. The number of amides is 2. The lowest BCUT2D eigenvalue weighted by Gasteiger charge is -2.21. The summed E-state index contributed by atoms with van der Waals surface area (Å²) in [6, 6.07) is 0.365. The topological polar surface area (TPSA) is 75.4 Å². The molecule has 1 saturated carbocycles. The standard InChI is InChI=1S/C11H19N3O2/c1-11(2,12)10(16)13-7-5-9(15)14(6-7)8-3-4-8/h7-8H,3-6,12H2,1-2H3,(H,13,16). The fourth-order valence-corrected chi connectivity index (χ4v) is 1.94. The quantitative estimate of drug-likeness (QED) is 0.686. The Bertz CT molecular complexity index is 318. The lowest BCUT2D eigenvalue weighted by atomic mass is 10.1. The van der Waals surface area contributed by atoms with Gasteiger partial charge >= 0.3 is 0 Å². The molecular weight excluding hydrogens is 206 g/mol. The Hall–Kier alpha value is -1.10. The molecule has 2 rings (SSSR count). The summed E-state index contributed by atoms with van der Waals surface area (Å²) in [5.41, 5.74) is 4.81. The summed E-state index contributed by atoms with van der Waals surface area (Å²) < 4.78 is 0. The van der Waals surface area contributed by atoms with Crippen molar-refractivity contribution >= 4 is 11.8 Å². The van der Waals surface area contributed by atoms with Gasteiger partial charge in [-0.25, -0.2) is 0 Å². The lowest BCUT2D eigenvalue weighted by molar-refractivity contribution is -0.128. The molecule has 2 fully saturated rings. The van der Waals surface area contributed by atoms with Gasteiger partial charge in [-0.05, 0) is 26.7 Å². The van der Waals surface area contributed by atoms with Gasteiger partial charge in [-0.1, -0.05) is 0 Å². The number of nitrogens with zero attached hydrogens (tertiary/aromatic N) is 1. The second-order valence-electron chi connectivity index (χ2n) is 5.37. The zero-order valence-electron chi connectivity index (χ0n) is 9.82. The van der Waals surface area contributed by atoms with Crippen LogP contribution in [-0.2, 0) is 9.59 Å². The van der Waals surface area contributed by atoms with Crippen LogP contribution in [0.25, 0.3) is 0 Å². The van der Waals surface area contributed by atoms with Crippen LogP contribution in [0.2, 0.25) is 0 Å². The first kappa shape index (κ1) is 11.4. The molecule has 0 aromatic heterocycles. The SMILES string of the molecule is CC(C)(N)C(=O)NC1CC(=O)N(C2CC2)C1. The molecule has 1 atom stereocenters. The zero-order chi connectivity index (χ0) is 11.9. The third kappa shape index (κ3) is 2.35. The van der Waals surface area contributed by atoms with Gasteiger partial charge in [0.15, 0.2) is 0 Å². The summed E-state index contributed by atoms with van der Waals surface area (Å²) in [5.74, 6) is -0.0365. The Kier molecular flexibility index (Phi) is 2.66. The van der Waals surface area contributed by atoms with Crippen molar-refractivity contribution in [3.8, 4) is 0 Å². The van der Waals surface area contributed by atoms with Gasteiger partial charge in [0.1, 0.15) is 0 Å². The van der Waals surface area contributed by atoms with Gasteiger partial charge in [-0.3, -0.25) is 9.59 Å². The smallest absolute Gasteiger partial charge is 0.239 e. The molecule has 1 saturated heterocycles. The Labute approximate surface area is 95.3 Å². The number of hydrogen-bond acceptors (Lipinski definition) is 3. The van der Waals surface area contributed by atoms with Gasteiger partial charge < -0.3 is 16.0 Å². The van der Waals surface area contributed by atoms with E-state index in [1.807, 2.05) is 4.90 Å². The van der Waals surface area contributed by atoms with Crippen LogP contribution in [0, 0.1) is 0 Å². The van der Waals surface area contributed by atoms with E-state index in [0.717, 1.165) is 12.8 Å². The van der Waals surface area contributed by atoms with Crippen molar-refractivity contribution in [3.63, 3.8) is 0 Å². The Morgan fingerprint density at radius 1 is 1.50 bits per heavy atom. The fourth-order valence-electron chi connectivity index (χ4n) is 1.94. The molecule has 3 N–H and O–H groups in total. The molecule has 1 aliphatic heterocycles. The number of carbonyl (C=O) groups is 2. The van der Waals surface area contributed by atoms with Gasteiger partial charge in [0.2, 0.25) is 11.8 Å². The van der Waals surface area contributed by atoms with E-state index in [0.29, 0.717) is 19.0 Å². The van der Waals surface area contributed by atoms with Gasteiger partial charge in [0, 0.05) is 19.0 Å². The molecule has 0 spiro atoms. The molecule has 5 heteroatoms. The van der Waals surface area contributed by atoms with Crippen molar-refractivity contribution in [2.45, 2.75) is 50.7 Å². The third-order valence-corrected chi connectivity index (χ3v) is 3.07. The molecule has 0 radical (unpaired) electrons. The van der Waals surface area contributed by atoms with Gasteiger partial charge in [0.25, 0.3) is 0 Å². The highest BCUT2D eigenvalue weighted by molar-refractivity contribution is 5.87. The maximum absolute atomic E-state index is 11.7. The summed E-state index contributed by atoms with van der Waals surface area (Å²) >= 11 is 0. The molecule has 90 valence electrons. The maximum Gasteiger partial charge on any atom is 0.239 e. The van der Waals surface area contributed by atoms with E-state index in [9.17, 15) is 9.59 Å². The molecular formula is C11H19N3O2. The van der Waals surface area contributed by atoms with Crippen LogP contribution in [-0.4, -0.2) is 40.9 Å². The molecule has 0 aromatic carbocycles. The minimum absolute atomic E-state index is 0.0663. The highest BCUT2D eigenvalue weighted by Crippen LogP contribution is 2.30. The molecule has 2 aliphatic rings. The number of rotatable bonds is 3. The summed E-state index contributed by atoms with van der Waals surface area (Å²) in [4.78, 5) is 25.2. The van der Waals surface area contributed by atoms with Crippen LogP contribution in [0.3, 0.4) is 0 Å². The van der Waals surface area contributed by atoms with Crippen LogP contribution >= 0.6 is 0 Å². The van der Waals surface area contributed by atoms with E-state index >= 15 is 0 Å². The summed E-state index contributed by atoms with van der Waals surface area (Å²) in [5, 5.41) is 2.84. The van der Waals surface area contributed by atoms with Crippen molar-refractivity contribution in [1.82, 2.24) is 10.2 Å². The van der Waals surface area contributed by atoms with Crippen molar-refractivity contribution in [3.05, 3.63) is 0 Å². The molecule has 0 aromatic rings. The number of nitrogens with two attached hydrogens (primary N) is 1. The number of nitrogens with one attached hydrogen (secondary N) is 1. The number of carbonyl (C=O) groups excluding carboxylic acids is 2. The van der Waals surface area contributed by atoms with Gasteiger partial charge in [0.05, 0.1) is 11.6 Å². The summed E-state index contributed by atoms with van der Waals surface area (Å²) in [7, 11) is 0. The highest BCUT2D eigenvalue weighted by atomic mass is 16.2. The van der Waals surface area contributed by atoms with Crippen molar-refractivity contribution in [2.75, 3.05) is 6.54 Å². The van der Waals surface area contributed by atoms with E-state index in [2.05, 4.69) is 5.32 Å². The van der Waals surface area contributed by atoms with Crippen LogP contribution in [0.1, 0.15) is 33.1 Å². The zero-order valence-corrected chi connectivity index (χ0v) is 9.82. The van der Waals surface area contributed by atoms with E-state index in [1.54, 1.807) is 13.8 Å². The average molecular weight is 225 g/mol. The van der Waals surface area contributed by atoms with E-state index in [1.165, 1.54) is 0 Å². The Morgan fingerprint density at radius 3 is 2.62 bits per heavy atom. The normalized spacial score (nSPS) is 26.1. The Balaban J connectivity index is 1.88. The number of hydrogen-bond donors (Lipinski definition) is 2. The molecule has 2 amide bonds. The molecule has 1 heterocycles. The van der Waals surface area contributed by atoms with Gasteiger partial charge in [-0.2, -0.15) is 0 Å². The molecule has 16 heavy (non-hydrogen) atoms. The van der Waals surface area contributed by atoms with Crippen molar-refractivity contribution < 1.29 is 9.59 Å². The van der Waals surface area contributed by atoms with Crippen LogP contribution < -0.4 is 11.1 Å². The van der Waals surface area contributed by atoms with Gasteiger partial charge in [-0.15, -0.1) is 0 Å². The molecule has 5 nitrogen and oxygen atoms in total. The minimum atomic E-state index is -0.879. The van der Waals surface area contributed by atoms with Crippen LogP contribution in [0.4, 0.5) is 0 Å². The molecule has 1 aliphatic carbocycles. The predicted molar refractivity (Wildman–Crippen MR) is 59.5 cm³/mol. The van der Waals surface area contributed by atoms with E-state index < -0.39 is 5.54 Å². The monoisotopic (exact) mass is 225 g/mol. The fraction of sp³-hybridized carbons (Fsp3) is 0.818. The highest BCUT2D eigenvalue weighted by Gasteiger charge is 2.40. The maximum atomic E-state index is 11.7. The first-order chi connectivity index (χ1) is 7.38. The summed E-state index contributed by atoms with van der Waals surface area (Å²) in [6.45, 7) is 3.97. The first-order valence-corrected chi connectivity index (χ1v) is 5.77. The van der Waals surface area contributed by atoms with E-state index in [-0.39, 0.29) is 17.9 Å². The van der Waals surface area contributed by atoms with Crippen LogP contribution in [0.15, 0.2) is 0 Å². The average Bonchev–Trinajstić information content (AvgIpc) is 2.90. The Morgan fingerprint density at radius 2 is 2.12 bits per heavy atom. The van der Waals surface area contributed by atoms with Crippen LogP contribution in [0.5, 0.6) is 0 Å². The summed E-state index contributed by atoms with van der Waals surface area (Å²) in [6.07, 6.45) is 2.63. The third-order valence-electron chi connectivity index (χ3n) is 3.07. The van der Waals surface area contributed by atoms with Crippen molar-refractivity contribution in [1.29, 1.82) is 0 Å². The van der Waals surface area contributed by atoms with E-state index in [4.69, 9.17) is 5.73 Å².